The molecule has 6 nitrogen and oxygen atoms in total. The highest BCUT2D eigenvalue weighted by Crippen LogP contribution is 2.24. The zero-order valence-electron chi connectivity index (χ0n) is 13.6. The minimum atomic E-state index is -3.47. The van der Waals surface area contributed by atoms with Crippen LogP contribution >= 0.6 is 0 Å². The fourth-order valence-electron chi connectivity index (χ4n) is 2.42. The third kappa shape index (κ3) is 4.05. The van der Waals surface area contributed by atoms with Crippen molar-refractivity contribution in [3.63, 3.8) is 0 Å². The Morgan fingerprint density at radius 2 is 1.90 bits per heavy atom. The minimum absolute atomic E-state index is 0.359. The predicted molar refractivity (Wildman–Crippen MR) is 84.7 cm³/mol. The highest BCUT2D eigenvalue weighted by atomic mass is 32.2. The molecule has 0 saturated heterocycles. The minimum Gasteiger partial charge on any atom is -0.330 e. The van der Waals surface area contributed by atoms with Crippen LogP contribution in [0, 0.1) is 13.8 Å². The van der Waals surface area contributed by atoms with Gasteiger partial charge in [0.1, 0.15) is 4.90 Å². The molecule has 2 N–H and O–H groups in total. The van der Waals surface area contributed by atoms with E-state index in [9.17, 15) is 8.42 Å². The van der Waals surface area contributed by atoms with Gasteiger partial charge in [-0.15, -0.1) is 0 Å². The standard InChI is InChI=1S/C14H28N4O2S/c1-5-7-10-17(6-2)21(19,20)14-12(3)16-18(13(14)4)11-8-9-15/h5-11,15H2,1-4H3. The summed E-state index contributed by atoms with van der Waals surface area (Å²) in [5.41, 5.74) is 6.79. The molecule has 0 aliphatic carbocycles. The van der Waals surface area contributed by atoms with E-state index in [4.69, 9.17) is 5.73 Å². The number of unbranched alkanes of at least 4 members (excludes halogenated alkanes) is 1. The summed E-state index contributed by atoms with van der Waals surface area (Å²) in [6.45, 7) is 9.76. The smallest absolute Gasteiger partial charge is 0.246 e. The van der Waals surface area contributed by atoms with Crippen molar-refractivity contribution in [1.82, 2.24) is 14.1 Å². The summed E-state index contributed by atoms with van der Waals surface area (Å²) in [6, 6.07) is 0. The Kier molecular flexibility index (Phi) is 6.83. The lowest BCUT2D eigenvalue weighted by atomic mass is 10.3. The summed E-state index contributed by atoms with van der Waals surface area (Å²) < 4.78 is 29.0. The molecule has 0 spiro atoms. The molecule has 0 saturated carbocycles. The number of aromatic nitrogens is 2. The Morgan fingerprint density at radius 1 is 1.24 bits per heavy atom. The molecule has 0 unspecified atom stereocenters. The highest BCUT2D eigenvalue weighted by Gasteiger charge is 2.29. The SMILES string of the molecule is CCCCN(CC)S(=O)(=O)c1c(C)nn(CCCN)c1C. The van der Waals surface area contributed by atoms with Crippen molar-refractivity contribution < 1.29 is 8.42 Å². The van der Waals surface area contributed by atoms with Crippen LogP contribution in [-0.4, -0.2) is 42.1 Å². The number of nitrogens with two attached hydrogens (primary N) is 1. The molecule has 0 fully saturated rings. The Morgan fingerprint density at radius 3 is 2.43 bits per heavy atom. The van der Waals surface area contributed by atoms with Gasteiger partial charge in [-0.05, 0) is 33.2 Å². The van der Waals surface area contributed by atoms with Gasteiger partial charge >= 0.3 is 0 Å². The van der Waals surface area contributed by atoms with E-state index in [1.807, 2.05) is 13.8 Å². The number of hydrogen-bond donors (Lipinski definition) is 1. The molecule has 7 heteroatoms. The molecule has 1 heterocycles. The number of hydrogen-bond acceptors (Lipinski definition) is 4. The molecule has 0 aliphatic rings. The Hall–Kier alpha value is -0.920. The highest BCUT2D eigenvalue weighted by molar-refractivity contribution is 7.89. The van der Waals surface area contributed by atoms with Crippen LogP contribution in [0.15, 0.2) is 4.90 Å². The maximum atomic E-state index is 12.8. The van der Waals surface area contributed by atoms with Gasteiger partial charge in [0, 0.05) is 19.6 Å². The molecule has 0 bridgehead atoms. The molecule has 0 amide bonds. The first-order valence-electron chi connectivity index (χ1n) is 7.64. The second-order valence-electron chi connectivity index (χ2n) is 5.22. The topological polar surface area (TPSA) is 81.2 Å². The van der Waals surface area contributed by atoms with E-state index in [1.165, 1.54) is 0 Å². The van der Waals surface area contributed by atoms with Crippen molar-refractivity contribution in [2.45, 2.75) is 58.4 Å². The van der Waals surface area contributed by atoms with Gasteiger partial charge in [-0.2, -0.15) is 9.40 Å². The van der Waals surface area contributed by atoms with Crippen LogP contribution in [0.2, 0.25) is 0 Å². The molecule has 122 valence electrons. The summed E-state index contributed by atoms with van der Waals surface area (Å²) in [5, 5.41) is 4.37. The summed E-state index contributed by atoms with van der Waals surface area (Å²) >= 11 is 0. The van der Waals surface area contributed by atoms with Crippen molar-refractivity contribution in [1.29, 1.82) is 0 Å². The van der Waals surface area contributed by atoms with Crippen LogP contribution < -0.4 is 5.73 Å². The fraction of sp³-hybridized carbons (Fsp3) is 0.786. The predicted octanol–water partition coefficient (Wildman–Crippen LogP) is 1.66. The largest absolute Gasteiger partial charge is 0.330 e. The molecule has 0 aromatic carbocycles. The molecule has 0 atom stereocenters. The lowest BCUT2D eigenvalue weighted by Gasteiger charge is -2.20. The van der Waals surface area contributed by atoms with Crippen LogP contribution in [0.25, 0.3) is 0 Å². The number of nitrogens with zero attached hydrogens (tertiary/aromatic N) is 3. The normalized spacial score (nSPS) is 12.3. The average Bonchev–Trinajstić information content (AvgIpc) is 2.72. The zero-order valence-corrected chi connectivity index (χ0v) is 14.4. The number of sulfonamides is 1. The summed E-state index contributed by atoms with van der Waals surface area (Å²) in [4.78, 5) is 0.359. The first-order chi connectivity index (χ1) is 9.89. The quantitative estimate of drug-likeness (QED) is 0.751. The molecule has 0 aliphatic heterocycles. The Balaban J connectivity index is 3.15. The second kappa shape index (κ2) is 7.91. The first-order valence-corrected chi connectivity index (χ1v) is 9.08. The molecular formula is C14H28N4O2S. The van der Waals surface area contributed by atoms with Gasteiger partial charge in [-0.25, -0.2) is 8.42 Å². The van der Waals surface area contributed by atoms with Crippen LogP contribution in [0.4, 0.5) is 0 Å². The molecule has 21 heavy (non-hydrogen) atoms. The number of rotatable bonds is 9. The van der Waals surface area contributed by atoms with Crippen LogP contribution in [0.3, 0.4) is 0 Å². The van der Waals surface area contributed by atoms with Crippen molar-refractivity contribution in [3.05, 3.63) is 11.4 Å². The lowest BCUT2D eigenvalue weighted by Crippen LogP contribution is -2.32. The van der Waals surface area contributed by atoms with Gasteiger partial charge < -0.3 is 5.73 Å². The molecule has 1 aromatic rings. The Labute approximate surface area is 128 Å². The van der Waals surface area contributed by atoms with E-state index in [2.05, 4.69) is 12.0 Å². The van der Waals surface area contributed by atoms with Crippen molar-refractivity contribution >= 4 is 10.0 Å². The van der Waals surface area contributed by atoms with Gasteiger partial charge in [0.05, 0.1) is 11.4 Å². The van der Waals surface area contributed by atoms with Crippen molar-refractivity contribution in [2.24, 2.45) is 5.73 Å². The van der Waals surface area contributed by atoms with Gasteiger partial charge in [0.15, 0.2) is 0 Å². The molecule has 0 radical (unpaired) electrons. The van der Waals surface area contributed by atoms with Crippen LogP contribution in [0.1, 0.15) is 44.5 Å². The van der Waals surface area contributed by atoms with Crippen LogP contribution in [0.5, 0.6) is 0 Å². The lowest BCUT2D eigenvalue weighted by molar-refractivity contribution is 0.418. The fourth-order valence-corrected chi connectivity index (χ4v) is 4.28. The van der Waals surface area contributed by atoms with E-state index >= 15 is 0 Å². The van der Waals surface area contributed by atoms with Gasteiger partial charge in [-0.1, -0.05) is 20.3 Å². The summed E-state index contributed by atoms with van der Waals surface area (Å²) in [7, 11) is -3.47. The average molecular weight is 316 g/mol. The number of aryl methyl sites for hydroxylation is 2. The van der Waals surface area contributed by atoms with E-state index in [1.54, 1.807) is 15.9 Å². The van der Waals surface area contributed by atoms with E-state index in [0.29, 0.717) is 42.5 Å². The van der Waals surface area contributed by atoms with Gasteiger partial charge in [-0.3, -0.25) is 4.68 Å². The van der Waals surface area contributed by atoms with Crippen molar-refractivity contribution in [3.8, 4) is 0 Å². The summed E-state index contributed by atoms with van der Waals surface area (Å²) in [6.07, 6.45) is 2.63. The van der Waals surface area contributed by atoms with Gasteiger partial charge in [0.2, 0.25) is 10.0 Å². The monoisotopic (exact) mass is 316 g/mol. The third-order valence-electron chi connectivity index (χ3n) is 3.60. The maximum absolute atomic E-state index is 12.8. The van der Waals surface area contributed by atoms with E-state index in [-0.39, 0.29) is 0 Å². The molecule has 1 aromatic heterocycles. The summed E-state index contributed by atoms with van der Waals surface area (Å²) in [5.74, 6) is 0. The Bertz CT molecular complexity index is 552. The van der Waals surface area contributed by atoms with E-state index in [0.717, 1.165) is 19.3 Å². The van der Waals surface area contributed by atoms with Gasteiger partial charge in [0.25, 0.3) is 0 Å². The molecular weight excluding hydrogens is 288 g/mol. The van der Waals surface area contributed by atoms with Crippen LogP contribution in [-0.2, 0) is 16.6 Å². The second-order valence-corrected chi connectivity index (χ2v) is 7.09. The zero-order chi connectivity index (χ0) is 16.0. The third-order valence-corrected chi connectivity index (χ3v) is 5.83. The first kappa shape index (κ1) is 18.1. The van der Waals surface area contributed by atoms with Crippen molar-refractivity contribution in [2.75, 3.05) is 19.6 Å². The molecule has 1 rings (SSSR count). The van der Waals surface area contributed by atoms with E-state index < -0.39 is 10.0 Å². The maximum Gasteiger partial charge on any atom is 0.246 e.